The van der Waals surface area contributed by atoms with E-state index in [0.29, 0.717) is 4.21 Å². The van der Waals surface area contributed by atoms with Crippen LogP contribution in [0.4, 0.5) is 0 Å². The molecule has 6 heteroatoms. The Kier molecular flexibility index (Phi) is 3.66. The highest BCUT2D eigenvalue weighted by Gasteiger charge is 2.14. The first-order valence-electron chi connectivity index (χ1n) is 3.42. The highest BCUT2D eigenvalue weighted by atomic mass is 79.9. The molecular formula is C7H8BrNO2S2. The molecule has 0 aliphatic carbocycles. The zero-order chi connectivity index (χ0) is 9.90. The van der Waals surface area contributed by atoms with Crippen LogP contribution in [0.2, 0.25) is 0 Å². The molecule has 0 bridgehead atoms. The van der Waals surface area contributed by atoms with Crippen molar-refractivity contribution in [3.63, 3.8) is 0 Å². The summed E-state index contributed by atoms with van der Waals surface area (Å²) in [5.74, 6) is 0. The van der Waals surface area contributed by atoms with Crippen LogP contribution in [0.3, 0.4) is 0 Å². The van der Waals surface area contributed by atoms with E-state index in [4.69, 9.17) is 0 Å². The third-order valence-electron chi connectivity index (χ3n) is 1.23. The molecule has 0 saturated carbocycles. The van der Waals surface area contributed by atoms with E-state index in [1.54, 1.807) is 12.1 Å². The smallest absolute Gasteiger partial charge is 0.207 e. The molecule has 0 saturated heterocycles. The SMILES string of the molecule is C=CCNS(=O)(=O)c1ccc(Br)s1. The van der Waals surface area contributed by atoms with Gasteiger partial charge in [-0.25, -0.2) is 13.1 Å². The number of hydrogen-bond donors (Lipinski definition) is 1. The number of thiophene rings is 1. The summed E-state index contributed by atoms with van der Waals surface area (Å²) in [4.78, 5) is 0. The predicted molar refractivity (Wildman–Crippen MR) is 57.4 cm³/mol. The van der Waals surface area contributed by atoms with Crippen molar-refractivity contribution in [2.75, 3.05) is 6.54 Å². The molecule has 1 heterocycles. The quantitative estimate of drug-likeness (QED) is 0.858. The van der Waals surface area contributed by atoms with Crippen molar-refractivity contribution in [3.8, 4) is 0 Å². The number of rotatable bonds is 4. The molecule has 1 aromatic rings. The van der Waals surface area contributed by atoms with E-state index >= 15 is 0 Å². The lowest BCUT2D eigenvalue weighted by Crippen LogP contribution is -2.22. The first kappa shape index (κ1) is 10.9. The Balaban J connectivity index is 2.87. The van der Waals surface area contributed by atoms with Crippen molar-refractivity contribution in [1.82, 2.24) is 4.72 Å². The van der Waals surface area contributed by atoms with Gasteiger partial charge in [0, 0.05) is 6.54 Å². The lowest BCUT2D eigenvalue weighted by Gasteiger charge is -1.99. The summed E-state index contributed by atoms with van der Waals surface area (Å²) in [6.45, 7) is 3.68. The lowest BCUT2D eigenvalue weighted by atomic mass is 10.7. The normalized spacial score (nSPS) is 11.5. The molecule has 3 nitrogen and oxygen atoms in total. The van der Waals surface area contributed by atoms with E-state index in [1.165, 1.54) is 17.4 Å². The number of nitrogens with one attached hydrogen (secondary N) is 1. The third-order valence-corrected chi connectivity index (χ3v) is 4.77. The molecule has 1 rings (SSSR count). The Morgan fingerprint density at radius 1 is 1.62 bits per heavy atom. The molecular weight excluding hydrogens is 274 g/mol. The third kappa shape index (κ3) is 2.91. The topological polar surface area (TPSA) is 46.2 Å². The van der Waals surface area contributed by atoms with Crippen molar-refractivity contribution in [2.24, 2.45) is 0 Å². The number of sulfonamides is 1. The van der Waals surface area contributed by atoms with Crippen molar-refractivity contribution in [2.45, 2.75) is 4.21 Å². The Labute approximate surface area is 89.7 Å². The van der Waals surface area contributed by atoms with Gasteiger partial charge in [0.1, 0.15) is 4.21 Å². The van der Waals surface area contributed by atoms with Gasteiger partial charge in [0.2, 0.25) is 10.0 Å². The maximum absolute atomic E-state index is 11.4. The summed E-state index contributed by atoms with van der Waals surface area (Å²) in [7, 11) is -3.33. The van der Waals surface area contributed by atoms with E-state index in [-0.39, 0.29) is 6.54 Å². The van der Waals surface area contributed by atoms with E-state index < -0.39 is 10.0 Å². The average molecular weight is 282 g/mol. The zero-order valence-electron chi connectivity index (χ0n) is 6.66. The molecule has 0 unspecified atom stereocenters. The minimum atomic E-state index is -3.33. The van der Waals surface area contributed by atoms with Gasteiger partial charge in [-0.15, -0.1) is 17.9 Å². The summed E-state index contributed by atoms with van der Waals surface area (Å²) in [6, 6.07) is 3.26. The van der Waals surface area contributed by atoms with Gasteiger partial charge >= 0.3 is 0 Å². The van der Waals surface area contributed by atoms with E-state index in [1.807, 2.05) is 0 Å². The Morgan fingerprint density at radius 2 is 2.31 bits per heavy atom. The largest absolute Gasteiger partial charge is 0.250 e. The average Bonchev–Trinajstić information content (AvgIpc) is 2.49. The molecule has 0 atom stereocenters. The van der Waals surface area contributed by atoms with Crippen LogP contribution in [0.25, 0.3) is 0 Å². The van der Waals surface area contributed by atoms with E-state index in [2.05, 4.69) is 27.2 Å². The summed E-state index contributed by atoms with van der Waals surface area (Å²) in [5.41, 5.74) is 0. The van der Waals surface area contributed by atoms with Gasteiger partial charge in [-0.1, -0.05) is 6.08 Å². The highest BCUT2D eigenvalue weighted by molar-refractivity contribution is 9.11. The molecule has 13 heavy (non-hydrogen) atoms. The molecule has 1 N–H and O–H groups in total. The van der Waals surface area contributed by atoms with Crippen molar-refractivity contribution in [1.29, 1.82) is 0 Å². The molecule has 72 valence electrons. The van der Waals surface area contributed by atoms with Gasteiger partial charge in [0.15, 0.2) is 0 Å². The zero-order valence-corrected chi connectivity index (χ0v) is 9.88. The maximum Gasteiger partial charge on any atom is 0.250 e. The monoisotopic (exact) mass is 281 g/mol. The van der Waals surface area contributed by atoms with Crippen LogP contribution in [-0.4, -0.2) is 15.0 Å². The minimum Gasteiger partial charge on any atom is -0.207 e. The molecule has 0 aliphatic rings. The van der Waals surface area contributed by atoms with Crippen molar-refractivity contribution < 1.29 is 8.42 Å². The van der Waals surface area contributed by atoms with Gasteiger partial charge in [-0.3, -0.25) is 0 Å². The molecule has 1 aromatic heterocycles. The van der Waals surface area contributed by atoms with E-state index in [0.717, 1.165) is 3.79 Å². The van der Waals surface area contributed by atoms with Gasteiger partial charge in [-0.2, -0.15) is 0 Å². The van der Waals surface area contributed by atoms with Crippen molar-refractivity contribution in [3.05, 3.63) is 28.6 Å². The minimum absolute atomic E-state index is 0.248. The maximum atomic E-state index is 11.4. The van der Waals surface area contributed by atoms with Crippen LogP contribution < -0.4 is 4.72 Å². The fourth-order valence-electron chi connectivity index (χ4n) is 0.682. The van der Waals surface area contributed by atoms with Crippen LogP contribution in [0, 0.1) is 0 Å². The summed E-state index contributed by atoms with van der Waals surface area (Å²) in [6.07, 6.45) is 1.50. The van der Waals surface area contributed by atoms with Crippen LogP contribution in [0.1, 0.15) is 0 Å². The van der Waals surface area contributed by atoms with Crippen LogP contribution >= 0.6 is 27.3 Å². The lowest BCUT2D eigenvalue weighted by molar-refractivity contribution is 0.588. The fourth-order valence-corrected chi connectivity index (χ4v) is 3.73. The molecule has 0 aromatic carbocycles. The molecule has 0 spiro atoms. The number of hydrogen-bond acceptors (Lipinski definition) is 3. The van der Waals surface area contributed by atoms with Crippen LogP contribution in [-0.2, 0) is 10.0 Å². The predicted octanol–water partition coefficient (Wildman–Crippen LogP) is 1.97. The molecule has 0 amide bonds. The second kappa shape index (κ2) is 4.36. The first-order valence-corrected chi connectivity index (χ1v) is 6.51. The Bertz CT molecular complexity index is 396. The summed E-state index contributed by atoms with van der Waals surface area (Å²) < 4.78 is 26.4. The second-order valence-corrected chi connectivity index (χ2v) is 6.66. The van der Waals surface area contributed by atoms with Crippen LogP contribution in [0.5, 0.6) is 0 Å². The molecule has 0 fully saturated rings. The highest BCUT2D eigenvalue weighted by Crippen LogP contribution is 2.25. The fraction of sp³-hybridized carbons (Fsp3) is 0.143. The first-order chi connectivity index (χ1) is 6.06. The van der Waals surface area contributed by atoms with Crippen molar-refractivity contribution >= 4 is 37.3 Å². The van der Waals surface area contributed by atoms with Crippen LogP contribution in [0.15, 0.2) is 32.8 Å². The Hall–Kier alpha value is -0.170. The molecule has 0 aliphatic heterocycles. The Morgan fingerprint density at radius 3 is 2.77 bits per heavy atom. The van der Waals surface area contributed by atoms with Gasteiger partial charge in [0.05, 0.1) is 3.79 Å². The second-order valence-electron chi connectivity index (χ2n) is 2.20. The van der Waals surface area contributed by atoms with Gasteiger partial charge in [0.25, 0.3) is 0 Å². The van der Waals surface area contributed by atoms with E-state index in [9.17, 15) is 8.42 Å². The standard InChI is InChI=1S/C7H8BrNO2S2/c1-2-5-9-13(10,11)7-4-3-6(8)12-7/h2-4,9H,1,5H2. The summed E-state index contributed by atoms with van der Waals surface area (Å²) >= 11 is 4.38. The number of halogens is 1. The summed E-state index contributed by atoms with van der Waals surface area (Å²) in [5, 5.41) is 0. The van der Waals surface area contributed by atoms with Gasteiger partial charge < -0.3 is 0 Å². The molecule has 0 radical (unpaired) electrons. The van der Waals surface area contributed by atoms with Gasteiger partial charge in [-0.05, 0) is 28.1 Å².